The lowest BCUT2D eigenvalue weighted by molar-refractivity contribution is 0.112. The number of rotatable bonds is 5. The summed E-state index contributed by atoms with van der Waals surface area (Å²) in [7, 11) is 0. The van der Waals surface area contributed by atoms with Crippen LogP contribution in [-0.2, 0) is 6.61 Å². The molecular weight excluding hydrogens is 236 g/mol. The molecule has 0 aliphatic carbocycles. The van der Waals surface area contributed by atoms with Crippen LogP contribution in [0.25, 0.3) is 0 Å². The summed E-state index contributed by atoms with van der Waals surface area (Å²) in [4.78, 5) is 10.5. The van der Waals surface area contributed by atoms with Crippen LogP contribution in [0.2, 0.25) is 0 Å². The molecule has 0 fully saturated rings. The molecular formula is C17H18O2. The zero-order valence-electron chi connectivity index (χ0n) is 11.3. The van der Waals surface area contributed by atoms with Gasteiger partial charge in [0.1, 0.15) is 18.6 Å². The smallest absolute Gasteiger partial charge is 0.150 e. The van der Waals surface area contributed by atoms with Crippen molar-refractivity contribution < 1.29 is 9.53 Å². The van der Waals surface area contributed by atoms with Gasteiger partial charge in [0.25, 0.3) is 0 Å². The molecule has 0 aliphatic rings. The summed E-state index contributed by atoms with van der Waals surface area (Å²) in [6.07, 6.45) is 0.828. The molecule has 2 nitrogen and oxygen atoms in total. The first-order valence-electron chi connectivity index (χ1n) is 6.46. The Bertz CT molecular complexity index is 524. The highest BCUT2D eigenvalue weighted by atomic mass is 16.5. The molecule has 2 aromatic carbocycles. The normalized spacial score (nSPS) is 10.5. The lowest BCUT2D eigenvalue weighted by Crippen LogP contribution is -1.96. The first kappa shape index (κ1) is 13.3. The third-order valence-corrected chi connectivity index (χ3v) is 3.07. The van der Waals surface area contributed by atoms with Crippen LogP contribution in [-0.4, -0.2) is 6.29 Å². The van der Waals surface area contributed by atoms with Crippen molar-refractivity contribution in [2.75, 3.05) is 0 Å². The van der Waals surface area contributed by atoms with Gasteiger partial charge in [0.05, 0.1) is 0 Å². The average molecular weight is 254 g/mol. The van der Waals surface area contributed by atoms with Crippen molar-refractivity contribution in [2.24, 2.45) is 0 Å². The van der Waals surface area contributed by atoms with Gasteiger partial charge in [-0.2, -0.15) is 0 Å². The molecule has 98 valence electrons. The van der Waals surface area contributed by atoms with Crippen LogP contribution < -0.4 is 4.74 Å². The largest absolute Gasteiger partial charge is 0.489 e. The highest BCUT2D eigenvalue weighted by molar-refractivity contribution is 5.74. The molecule has 0 aromatic heterocycles. The predicted molar refractivity (Wildman–Crippen MR) is 76.7 cm³/mol. The molecule has 0 spiro atoms. The van der Waals surface area contributed by atoms with E-state index in [1.807, 2.05) is 12.1 Å². The first-order chi connectivity index (χ1) is 9.19. The van der Waals surface area contributed by atoms with E-state index in [2.05, 4.69) is 38.1 Å². The third kappa shape index (κ3) is 3.68. The van der Waals surface area contributed by atoms with Crippen molar-refractivity contribution in [1.29, 1.82) is 0 Å². The van der Waals surface area contributed by atoms with E-state index in [0.29, 0.717) is 18.1 Å². The van der Waals surface area contributed by atoms with Crippen molar-refractivity contribution in [3.8, 4) is 5.75 Å². The SMILES string of the molecule is CC(C)c1ccc(COc2ccc(C=O)cc2)cc1. The van der Waals surface area contributed by atoms with Gasteiger partial charge in [0, 0.05) is 5.56 Å². The molecule has 0 saturated heterocycles. The number of hydrogen-bond acceptors (Lipinski definition) is 2. The quantitative estimate of drug-likeness (QED) is 0.747. The van der Waals surface area contributed by atoms with Crippen LogP contribution in [0.5, 0.6) is 5.75 Å². The second-order valence-corrected chi connectivity index (χ2v) is 4.87. The summed E-state index contributed by atoms with van der Waals surface area (Å²) >= 11 is 0. The van der Waals surface area contributed by atoms with Crippen LogP contribution in [0.3, 0.4) is 0 Å². The molecule has 2 rings (SSSR count). The highest BCUT2D eigenvalue weighted by Crippen LogP contribution is 2.17. The Balaban J connectivity index is 1.95. The summed E-state index contributed by atoms with van der Waals surface area (Å²) in [5, 5.41) is 0. The van der Waals surface area contributed by atoms with Gasteiger partial charge in [-0.15, -0.1) is 0 Å². The molecule has 0 unspecified atom stereocenters. The van der Waals surface area contributed by atoms with Crippen LogP contribution in [0.1, 0.15) is 41.3 Å². The molecule has 0 bridgehead atoms. The van der Waals surface area contributed by atoms with Crippen LogP contribution in [0, 0.1) is 0 Å². The maximum atomic E-state index is 10.5. The number of benzene rings is 2. The number of ether oxygens (including phenoxy) is 1. The Morgan fingerprint density at radius 2 is 1.63 bits per heavy atom. The van der Waals surface area contributed by atoms with Crippen LogP contribution in [0.4, 0.5) is 0 Å². The molecule has 0 atom stereocenters. The Morgan fingerprint density at radius 3 is 2.16 bits per heavy atom. The summed E-state index contributed by atoms with van der Waals surface area (Å²) in [6, 6.07) is 15.6. The Kier molecular flexibility index (Phi) is 4.35. The topological polar surface area (TPSA) is 26.3 Å². The predicted octanol–water partition coefficient (Wildman–Crippen LogP) is 4.20. The number of aldehydes is 1. The van der Waals surface area contributed by atoms with Crippen molar-refractivity contribution in [2.45, 2.75) is 26.4 Å². The van der Waals surface area contributed by atoms with Gasteiger partial charge in [-0.05, 0) is 41.3 Å². The van der Waals surface area contributed by atoms with Gasteiger partial charge in [-0.3, -0.25) is 4.79 Å². The molecule has 0 saturated carbocycles. The average Bonchev–Trinajstić information content (AvgIpc) is 2.46. The third-order valence-electron chi connectivity index (χ3n) is 3.07. The fraction of sp³-hybridized carbons (Fsp3) is 0.235. The van der Waals surface area contributed by atoms with Crippen LogP contribution in [0.15, 0.2) is 48.5 Å². The molecule has 0 aliphatic heterocycles. The molecule has 0 amide bonds. The summed E-state index contributed by atoms with van der Waals surface area (Å²) in [5.41, 5.74) is 3.14. The van der Waals surface area contributed by atoms with Gasteiger partial charge in [0.15, 0.2) is 0 Å². The summed E-state index contributed by atoms with van der Waals surface area (Å²) in [5.74, 6) is 1.32. The summed E-state index contributed by atoms with van der Waals surface area (Å²) < 4.78 is 5.68. The minimum absolute atomic E-state index is 0.540. The minimum atomic E-state index is 0.540. The van der Waals surface area contributed by atoms with Gasteiger partial charge >= 0.3 is 0 Å². The van der Waals surface area contributed by atoms with Crippen molar-refractivity contribution in [3.05, 3.63) is 65.2 Å². The highest BCUT2D eigenvalue weighted by Gasteiger charge is 2.00. The molecule has 0 heterocycles. The number of hydrogen-bond donors (Lipinski definition) is 0. The Labute approximate surface area is 114 Å². The van der Waals surface area contributed by atoms with Crippen LogP contribution >= 0.6 is 0 Å². The van der Waals surface area contributed by atoms with E-state index in [9.17, 15) is 4.79 Å². The van der Waals surface area contributed by atoms with Gasteiger partial charge in [0.2, 0.25) is 0 Å². The molecule has 0 N–H and O–H groups in total. The van der Waals surface area contributed by atoms with Gasteiger partial charge in [-0.1, -0.05) is 38.1 Å². The number of carbonyl (C=O) groups is 1. The van der Waals surface area contributed by atoms with E-state index in [1.165, 1.54) is 5.56 Å². The molecule has 0 radical (unpaired) electrons. The van der Waals surface area contributed by atoms with E-state index in [1.54, 1.807) is 12.1 Å². The monoisotopic (exact) mass is 254 g/mol. The van der Waals surface area contributed by atoms with E-state index in [0.717, 1.165) is 17.6 Å². The minimum Gasteiger partial charge on any atom is -0.489 e. The maximum absolute atomic E-state index is 10.5. The second kappa shape index (κ2) is 6.19. The van der Waals surface area contributed by atoms with Gasteiger partial charge < -0.3 is 4.74 Å². The van der Waals surface area contributed by atoms with Crippen molar-refractivity contribution in [1.82, 2.24) is 0 Å². The van der Waals surface area contributed by atoms with E-state index >= 15 is 0 Å². The van der Waals surface area contributed by atoms with E-state index < -0.39 is 0 Å². The fourth-order valence-electron chi connectivity index (χ4n) is 1.81. The lowest BCUT2D eigenvalue weighted by atomic mass is 10.0. The lowest BCUT2D eigenvalue weighted by Gasteiger charge is -2.08. The zero-order chi connectivity index (χ0) is 13.7. The maximum Gasteiger partial charge on any atom is 0.150 e. The number of carbonyl (C=O) groups excluding carboxylic acids is 1. The van der Waals surface area contributed by atoms with Crippen molar-refractivity contribution >= 4 is 6.29 Å². The zero-order valence-corrected chi connectivity index (χ0v) is 11.3. The second-order valence-electron chi connectivity index (χ2n) is 4.87. The van der Waals surface area contributed by atoms with E-state index in [4.69, 9.17) is 4.74 Å². The molecule has 19 heavy (non-hydrogen) atoms. The standard InChI is InChI=1S/C17H18O2/c1-13(2)16-7-3-15(4-8-16)12-19-17-9-5-14(11-18)6-10-17/h3-11,13H,12H2,1-2H3. The Morgan fingerprint density at radius 1 is 1.00 bits per heavy atom. The molecule has 2 heteroatoms. The van der Waals surface area contributed by atoms with Crippen molar-refractivity contribution in [3.63, 3.8) is 0 Å². The van der Waals surface area contributed by atoms with Gasteiger partial charge in [-0.25, -0.2) is 0 Å². The molecule has 2 aromatic rings. The fourth-order valence-corrected chi connectivity index (χ4v) is 1.81. The Hall–Kier alpha value is -2.09. The summed E-state index contributed by atoms with van der Waals surface area (Å²) in [6.45, 7) is 4.90. The first-order valence-corrected chi connectivity index (χ1v) is 6.46. The van der Waals surface area contributed by atoms with E-state index in [-0.39, 0.29) is 0 Å².